The van der Waals surface area contributed by atoms with E-state index in [0.29, 0.717) is 0 Å². The molecule has 0 radical (unpaired) electrons. The Morgan fingerprint density at radius 3 is 1.42 bits per heavy atom. The van der Waals surface area contributed by atoms with Crippen LogP contribution >= 0.6 is 0 Å². The van der Waals surface area contributed by atoms with Gasteiger partial charge in [0.1, 0.15) is 0 Å². The zero-order chi connectivity index (χ0) is 17.4. The molecule has 0 heterocycles. The Bertz CT molecular complexity index is 1030. The summed E-state index contributed by atoms with van der Waals surface area (Å²) in [5, 5.41) is 4.92. The summed E-state index contributed by atoms with van der Waals surface area (Å²) in [7, 11) is 0. The van der Waals surface area contributed by atoms with Crippen molar-refractivity contribution < 1.29 is 0 Å². The number of rotatable bonds is 0. The van der Waals surface area contributed by atoms with Crippen molar-refractivity contribution >= 4 is 21.5 Å². The van der Waals surface area contributed by atoms with Gasteiger partial charge in [-0.2, -0.15) is 0 Å². The second kappa shape index (κ2) is 6.07. The van der Waals surface area contributed by atoms with Gasteiger partial charge in [-0.1, -0.05) is 36.1 Å². The molecule has 0 amide bonds. The molecule has 24 heavy (non-hydrogen) atoms. The second-order valence-corrected chi connectivity index (χ2v) is 6.36. The number of fused-ring (bicyclic) bond motifs is 2. The topological polar surface area (TPSA) is 0 Å². The largest absolute Gasteiger partial charge is 0.101 e. The van der Waals surface area contributed by atoms with Crippen LogP contribution in [0.2, 0.25) is 0 Å². The van der Waals surface area contributed by atoms with Gasteiger partial charge in [-0.25, -0.2) is 0 Å². The third-order valence-electron chi connectivity index (χ3n) is 5.01. The van der Waals surface area contributed by atoms with Gasteiger partial charge >= 0.3 is 0 Å². The molecule has 3 rings (SSSR count). The molecule has 0 unspecified atom stereocenters. The molecule has 118 valence electrons. The van der Waals surface area contributed by atoms with Gasteiger partial charge in [0, 0.05) is 21.9 Å². The molecule has 0 heteroatoms. The minimum atomic E-state index is 1.12. The molecule has 0 atom stereocenters. The molecule has 0 saturated carbocycles. The summed E-state index contributed by atoms with van der Waals surface area (Å²) >= 11 is 0. The molecule has 0 saturated heterocycles. The van der Waals surface area contributed by atoms with Crippen molar-refractivity contribution in [3.05, 3.63) is 57.6 Å². The first-order valence-corrected chi connectivity index (χ1v) is 8.32. The number of hydrogen-bond donors (Lipinski definition) is 0. The zero-order valence-electron chi connectivity index (χ0n) is 15.3. The van der Waals surface area contributed by atoms with E-state index in [-0.39, 0.29) is 0 Å². The van der Waals surface area contributed by atoms with Crippen molar-refractivity contribution in [1.82, 2.24) is 0 Å². The first-order chi connectivity index (χ1) is 11.5. The highest BCUT2D eigenvalue weighted by molar-refractivity contribution is 6.12. The van der Waals surface area contributed by atoms with Gasteiger partial charge in [-0.3, -0.25) is 0 Å². The van der Waals surface area contributed by atoms with Gasteiger partial charge in [-0.15, -0.1) is 11.8 Å². The summed E-state index contributed by atoms with van der Waals surface area (Å²) in [6.07, 6.45) is 0. The van der Waals surface area contributed by atoms with Gasteiger partial charge in [-0.05, 0) is 74.6 Å². The average Bonchev–Trinajstić information content (AvgIpc) is 2.56. The molecule has 0 nitrogen and oxygen atoms in total. The number of aryl methyl sites for hydroxylation is 4. The standard InChI is InChI=1S/C24H22/c1-7-9-19-20-13-11-15(3)17(5)23(20)22(10-8-2)24-18(6)16(4)12-14-21(19)24/h11-14H,1-6H3. The molecule has 0 spiro atoms. The Hall–Kier alpha value is -2.70. The van der Waals surface area contributed by atoms with E-state index in [1.807, 2.05) is 13.8 Å². The summed E-state index contributed by atoms with van der Waals surface area (Å²) in [6.45, 7) is 12.5. The van der Waals surface area contributed by atoms with Crippen LogP contribution in [0.15, 0.2) is 24.3 Å². The molecule has 0 aromatic heterocycles. The van der Waals surface area contributed by atoms with Crippen LogP contribution < -0.4 is 0 Å². The maximum absolute atomic E-state index is 3.40. The van der Waals surface area contributed by atoms with E-state index in [4.69, 9.17) is 0 Å². The Morgan fingerprint density at radius 2 is 1.00 bits per heavy atom. The van der Waals surface area contributed by atoms with Crippen LogP contribution in [0.25, 0.3) is 21.5 Å². The normalized spacial score (nSPS) is 10.2. The smallest absolute Gasteiger partial charge is 0.0408 e. The van der Waals surface area contributed by atoms with E-state index in [1.165, 1.54) is 43.8 Å². The first-order valence-electron chi connectivity index (χ1n) is 8.32. The lowest BCUT2D eigenvalue weighted by Crippen LogP contribution is -1.97. The van der Waals surface area contributed by atoms with E-state index in [2.05, 4.69) is 75.6 Å². The Balaban J connectivity index is 2.79. The van der Waals surface area contributed by atoms with E-state index in [0.717, 1.165) is 11.1 Å². The third-order valence-corrected chi connectivity index (χ3v) is 5.01. The van der Waals surface area contributed by atoms with Crippen molar-refractivity contribution in [2.75, 3.05) is 0 Å². The summed E-state index contributed by atoms with van der Waals surface area (Å²) in [5.74, 6) is 13.0. The minimum Gasteiger partial charge on any atom is -0.101 e. The zero-order valence-corrected chi connectivity index (χ0v) is 15.3. The van der Waals surface area contributed by atoms with Crippen molar-refractivity contribution in [3.8, 4) is 23.7 Å². The van der Waals surface area contributed by atoms with Crippen molar-refractivity contribution in [2.24, 2.45) is 0 Å². The van der Waals surface area contributed by atoms with Crippen LogP contribution in [-0.4, -0.2) is 0 Å². The maximum Gasteiger partial charge on any atom is 0.0408 e. The fourth-order valence-corrected chi connectivity index (χ4v) is 3.47. The average molecular weight is 310 g/mol. The highest BCUT2D eigenvalue weighted by Crippen LogP contribution is 2.37. The summed E-state index contributed by atoms with van der Waals surface area (Å²) in [5.41, 5.74) is 7.45. The number of benzene rings is 3. The second-order valence-electron chi connectivity index (χ2n) is 6.36. The van der Waals surface area contributed by atoms with E-state index < -0.39 is 0 Å². The third kappa shape index (κ3) is 2.28. The molecule has 0 N–H and O–H groups in total. The Kier molecular flexibility index (Phi) is 4.09. The van der Waals surface area contributed by atoms with Crippen LogP contribution in [0.5, 0.6) is 0 Å². The van der Waals surface area contributed by atoms with Crippen molar-refractivity contribution in [3.63, 3.8) is 0 Å². The van der Waals surface area contributed by atoms with E-state index >= 15 is 0 Å². The molecule has 0 aliphatic heterocycles. The van der Waals surface area contributed by atoms with Crippen LogP contribution in [0, 0.1) is 51.4 Å². The van der Waals surface area contributed by atoms with Gasteiger partial charge in [0.05, 0.1) is 0 Å². The predicted molar refractivity (Wildman–Crippen MR) is 106 cm³/mol. The summed E-state index contributed by atoms with van der Waals surface area (Å²) in [6, 6.07) is 8.78. The lowest BCUT2D eigenvalue weighted by Gasteiger charge is -2.17. The highest BCUT2D eigenvalue weighted by Gasteiger charge is 2.16. The van der Waals surface area contributed by atoms with E-state index in [9.17, 15) is 0 Å². The first kappa shape index (κ1) is 16.2. The molecule has 3 aromatic carbocycles. The Labute approximate surface area is 144 Å². The molecule has 0 aliphatic rings. The Morgan fingerprint density at radius 1 is 0.583 bits per heavy atom. The molecular weight excluding hydrogens is 288 g/mol. The van der Waals surface area contributed by atoms with Gasteiger partial charge < -0.3 is 0 Å². The fraction of sp³-hybridized carbons (Fsp3) is 0.250. The number of hydrogen-bond acceptors (Lipinski definition) is 0. The van der Waals surface area contributed by atoms with Crippen molar-refractivity contribution in [1.29, 1.82) is 0 Å². The fourth-order valence-electron chi connectivity index (χ4n) is 3.47. The molecule has 3 aromatic rings. The predicted octanol–water partition coefficient (Wildman–Crippen LogP) is 5.97. The highest BCUT2D eigenvalue weighted by atomic mass is 14.2. The van der Waals surface area contributed by atoms with Crippen molar-refractivity contribution in [2.45, 2.75) is 41.5 Å². The van der Waals surface area contributed by atoms with Crippen LogP contribution in [0.3, 0.4) is 0 Å². The van der Waals surface area contributed by atoms with Crippen LogP contribution in [0.1, 0.15) is 47.2 Å². The molecule has 0 fully saturated rings. The minimum absolute atomic E-state index is 1.12. The quantitative estimate of drug-likeness (QED) is 0.354. The summed E-state index contributed by atoms with van der Waals surface area (Å²) < 4.78 is 0. The molecule has 0 bridgehead atoms. The molecular formula is C24H22. The SMILES string of the molecule is CC#Cc1c2ccc(C)c(C)c2c(C#CC)c2c(C)c(C)ccc12. The molecule has 0 aliphatic carbocycles. The van der Waals surface area contributed by atoms with Gasteiger partial charge in [0.15, 0.2) is 0 Å². The lowest BCUT2D eigenvalue weighted by atomic mass is 9.86. The maximum atomic E-state index is 3.40. The van der Waals surface area contributed by atoms with Gasteiger partial charge in [0.25, 0.3) is 0 Å². The van der Waals surface area contributed by atoms with Crippen LogP contribution in [0.4, 0.5) is 0 Å². The van der Waals surface area contributed by atoms with Crippen LogP contribution in [-0.2, 0) is 0 Å². The van der Waals surface area contributed by atoms with Gasteiger partial charge in [0.2, 0.25) is 0 Å². The van der Waals surface area contributed by atoms with E-state index in [1.54, 1.807) is 0 Å². The summed E-state index contributed by atoms with van der Waals surface area (Å²) in [4.78, 5) is 0. The monoisotopic (exact) mass is 310 g/mol. The lowest BCUT2D eigenvalue weighted by molar-refractivity contribution is 1.36.